The summed E-state index contributed by atoms with van der Waals surface area (Å²) in [6, 6.07) is 0. The molecular formula is C11H20N2O. The quantitative estimate of drug-likeness (QED) is 0.674. The Morgan fingerprint density at radius 1 is 1.64 bits per heavy atom. The monoisotopic (exact) mass is 196 g/mol. The first-order valence-corrected chi connectivity index (χ1v) is 5.71. The van der Waals surface area contributed by atoms with Crippen LogP contribution in [0, 0.1) is 11.3 Å². The Labute approximate surface area is 85.8 Å². The van der Waals surface area contributed by atoms with E-state index in [2.05, 4.69) is 19.2 Å². The fourth-order valence-electron chi connectivity index (χ4n) is 2.92. The largest absolute Gasteiger partial charge is 0.342 e. The molecule has 1 N–H and O–H groups in total. The van der Waals surface area contributed by atoms with Crippen molar-refractivity contribution in [2.24, 2.45) is 11.3 Å². The van der Waals surface area contributed by atoms with Crippen molar-refractivity contribution in [2.45, 2.75) is 26.7 Å². The van der Waals surface area contributed by atoms with E-state index < -0.39 is 0 Å². The van der Waals surface area contributed by atoms with E-state index in [1.54, 1.807) is 0 Å². The predicted molar refractivity (Wildman–Crippen MR) is 56.0 cm³/mol. The van der Waals surface area contributed by atoms with Gasteiger partial charge in [-0.2, -0.15) is 0 Å². The van der Waals surface area contributed by atoms with Crippen molar-refractivity contribution < 1.29 is 4.79 Å². The Kier molecular flexibility index (Phi) is 2.52. The van der Waals surface area contributed by atoms with Gasteiger partial charge in [-0.1, -0.05) is 6.92 Å². The molecule has 0 bridgehead atoms. The Morgan fingerprint density at radius 2 is 2.43 bits per heavy atom. The minimum absolute atomic E-state index is 0.0613. The van der Waals surface area contributed by atoms with Gasteiger partial charge in [-0.05, 0) is 32.2 Å². The first-order chi connectivity index (χ1) is 6.70. The van der Waals surface area contributed by atoms with Crippen LogP contribution in [0.5, 0.6) is 0 Å². The average molecular weight is 196 g/mol. The molecule has 2 saturated heterocycles. The van der Waals surface area contributed by atoms with Gasteiger partial charge in [-0.3, -0.25) is 4.79 Å². The number of piperidine rings is 1. The SMILES string of the molecule is CCN1CC(C)C2(CCCNC2)C1=O. The Balaban J connectivity index is 2.20. The molecule has 80 valence electrons. The highest BCUT2D eigenvalue weighted by molar-refractivity contribution is 5.85. The Bertz CT molecular complexity index is 233. The number of nitrogens with one attached hydrogen (secondary N) is 1. The predicted octanol–water partition coefficient (Wildman–Crippen LogP) is 0.854. The Hall–Kier alpha value is -0.570. The van der Waals surface area contributed by atoms with Crippen molar-refractivity contribution in [2.75, 3.05) is 26.2 Å². The third kappa shape index (κ3) is 1.26. The topological polar surface area (TPSA) is 32.3 Å². The fraction of sp³-hybridized carbons (Fsp3) is 0.909. The van der Waals surface area contributed by atoms with E-state index in [-0.39, 0.29) is 5.41 Å². The smallest absolute Gasteiger partial charge is 0.230 e. The maximum Gasteiger partial charge on any atom is 0.230 e. The van der Waals surface area contributed by atoms with E-state index in [0.717, 1.165) is 39.0 Å². The van der Waals surface area contributed by atoms with E-state index in [4.69, 9.17) is 0 Å². The van der Waals surface area contributed by atoms with Crippen LogP contribution in [0.15, 0.2) is 0 Å². The van der Waals surface area contributed by atoms with Gasteiger partial charge in [-0.15, -0.1) is 0 Å². The van der Waals surface area contributed by atoms with Crippen LogP contribution in [0.3, 0.4) is 0 Å². The van der Waals surface area contributed by atoms with Crippen LogP contribution in [0.25, 0.3) is 0 Å². The first kappa shape index (κ1) is 9.97. The zero-order chi connectivity index (χ0) is 10.2. The summed E-state index contributed by atoms with van der Waals surface area (Å²) in [6.07, 6.45) is 2.23. The van der Waals surface area contributed by atoms with Crippen molar-refractivity contribution in [3.63, 3.8) is 0 Å². The molecule has 1 amide bonds. The minimum atomic E-state index is -0.0613. The van der Waals surface area contributed by atoms with Gasteiger partial charge in [0.2, 0.25) is 5.91 Å². The zero-order valence-corrected chi connectivity index (χ0v) is 9.18. The van der Waals surface area contributed by atoms with Gasteiger partial charge in [0.25, 0.3) is 0 Å². The standard InChI is InChI=1S/C11H20N2O/c1-3-13-7-9(2)11(10(13)14)5-4-6-12-8-11/h9,12H,3-8H2,1-2H3. The normalized spacial score (nSPS) is 38.3. The van der Waals surface area contributed by atoms with Crippen molar-refractivity contribution >= 4 is 5.91 Å². The van der Waals surface area contributed by atoms with Crippen LogP contribution < -0.4 is 5.32 Å². The Morgan fingerprint density at radius 3 is 2.93 bits per heavy atom. The number of amides is 1. The molecule has 0 radical (unpaired) electrons. The summed E-state index contributed by atoms with van der Waals surface area (Å²) < 4.78 is 0. The molecule has 0 aromatic carbocycles. The van der Waals surface area contributed by atoms with Crippen LogP contribution >= 0.6 is 0 Å². The number of likely N-dealkylation sites (tertiary alicyclic amines) is 1. The molecule has 14 heavy (non-hydrogen) atoms. The van der Waals surface area contributed by atoms with Crippen molar-refractivity contribution in [1.82, 2.24) is 10.2 Å². The lowest BCUT2D eigenvalue weighted by Crippen LogP contribution is -2.48. The molecule has 0 aliphatic carbocycles. The van der Waals surface area contributed by atoms with E-state index >= 15 is 0 Å². The number of hydrogen-bond acceptors (Lipinski definition) is 2. The summed E-state index contributed by atoms with van der Waals surface area (Å²) in [5.74, 6) is 0.905. The van der Waals surface area contributed by atoms with Crippen molar-refractivity contribution in [3.8, 4) is 0 Å². The number of rotatable bonds is 1. The van der Waals surface area contributed by atoms with Crippen LogP contribution in [-0.4, -0.2) is 37.0 Å². The zero-order valence-electron chi connectivity index (χ0n) is 9.18. The molecule has 2 aliphatic heterocycles. The molecule has 2 unspecified atom stereocenters. The van der Waals surface area contributed by atoms with Crippen LogP contribution in [0.2, 0.25) is 0 Å². The van der Waals surface area contributed by atoms with E-state index in [1.807, 2.05) is 4.90 Å². The summed E-state index contributed by atoms with van der Waals surface area (Å²) in [5, 5.41) is 3.38. The number of carbonyl (C=O) groups excluding carboxylic acids is 1. The highest BCUT2D eigenvalue weighted by Gasteiger charge is 2.51. The molecule has 2 heterocycles. The molecule has 2 aliphatic rings. The molecule has 3 heteroatoms. The summed E-state index contributed by atoms with van der Waals surface area (Å²) in [5.41, 5.74) is -0.0613. The van der Waals surface area contributed by atoms with Gasteiger partial charge in [0.1, 0.15) is 0 Å². The summed E-state index contributed by atoms with van der Waals surface area (Å²) >= 11 is 0. The molecule has 0 aromatic rings. The van der Waals surface area contributed by atoms with E-state index in [1.165, 1.54) is 0 Å². The molecule has 0 aromatic heterocycles. The fourth-order valence-corrected chi connectivity index (χ4v) is 2.92. The van der Waals surface area contributed by atoms with Gasteiger partial charge >= 0.3 is 0 Å². The maximum absolute atomic E-state index is 12.2. The summed E-state index contributed by atoms with van der Waals surface area (Å²) in [6.45, 7) is 8.08. The third-order valence-electron chi connectivity index (χ3n) is 3.95. The second kappa shape index (κ2) is 3.54. The van der Waals surface area contributed by atoms with Gasteiger partial charge in [0.15, 0.2) is 0 Å². The second-order valence-electron chi connectivity index (χ2n) is 4.68. The molecule has 3 nitrogen and oxygen atoms in total. The molecule has 2 atom stereocenters. The number of carbonyl (C=O) groups is 1. The number of hydrogen-bond donors (Lipinski definition) is 1. The molecular weight excluding hydrogens is 176 g/mol. The van der Waals surface area contributed by atoms with E-state index in [0.29, 0.717) is 11.8 Å². The first-order valence-electron chi connectivity index (χ1n) is 5.71. The van der Waals surface area contributed by atoms with Crippen molar-refractivity contribution in [1.29, 1.82) is 0 Å². The minimum Gasteiger partial charge on any atom is -0.342 e. The number of nitrogens with zero attached hydrogens (tertiary/aromatic N) is 1. The summed E-state index contributed by atoms with van der Waals surface area (Å²) in [4.78, 5) is 14.2. The second-order valence-corrected chi connectivity index (χ2v) is 4.68. The molecule has 2 rings (SSSR count). The summed E-state index contributed by atoms with van der Waals surface area (Å²) in [7, 11) is 0. The van der Waals surface area contributed by atoms with Gasteiger partial charge < -0.3 is 10.2 Å². The maximum atomic E-state index is 12.2. The van der Waals surface area contributed by atoms with Crippen LogP contribution in [0.1, 0.15) is 26.7 Å². The molecule has 0 saturated carbocycles. The highest BCUT2D eigenvalue weighted by atomic mass is 16.2. The lowest BCUT2D eigenvalue weighted by molar-refractivity contribution is -0.137. The molecule has 1 spiro atoms. The molecule has 2 fully saturated rings. The van der Waals surface area contributed by atoms with Crippen LogP contribution in [0.4, 0.5) is 0 Å². The van der Waals surface area contributed by atoms with Crippen LogP contribution in [-0.2, 0) is 4.79 Å². The lowest BCUT2D eigenvalue weighted by atomic mass is 9.73. The van der Waals surface area contributed by atoms with Gasteiger partial charge in [0.05, 0.1) is 5.41 Å². The lowest BCUT2D eigenvalue weighted by Gasteiger charge is -2.35. The third-order valence-corrected chi connectivity index (χ3v) is 3.95. The van der Waals surface area contributed by atoms with Gasteiger partial charge in [-0.25, -0.2) is 0 Å². The van der Waals surface area contributed by atoms with Gasteiger partial charge in [0, 0.05) is 19.6 Å². The van der Waals surface area contributed by atoms with Crippen molar-refractivity contribution in [3.05, 3.63) is 0 Å². The van der Waals surface area contributed by atoms with E-state index in [9.17, 15) is 4.79 Å². The highest BCUT2D eigenvalue weighted by Crippen LogP contribution is 2.41. The average Bonchev–Trinajstić information content (AvgIpc) is 2.45.